The summed E-state index contributed by atoms with van der Waals surface area (Å²) in [5, 5.41) is 22.6. The number of carboxylic acid groups (broad SMARTS) is 2. The van der Waals surface area contributed by atoms with E-state index in [0.29, 0.717) is 11.3 Å². The zero-order valence-electron chi connectivity index (χ0n) is 10.9. The first-order valence-electron chi connectivity index (χ1n) is 5.59. The van der Waals surface area contributed by atoms with E-state index >= 15 is 0 Å². The van der Waals surface area contributed by atoms with Crippen LogP contribution in [0.15, 0.2) is 17.2 Å². The van der Waals surface area contributed by atoms with E-state index in [1.807, 2.05) is 0 Å². The number of nitrogens with zero attached hydrogens (tertiary/aromatic N) is 2. The van der Waals surface area contributed by atoms with Crippen molar-refractivity contribution >= 4 is 41.4 Å². The molecule has 21 heavy (non-hydrogen) atoms. The number of carboxylic acids is 2. The summed E-state index contributed by atoms with van der Waals surface area (Å²) < 4.78 is 4.99. The molecule has 0 atom stereocenters. The second kappa shape index (κ2) is 7.70. The van der Waals surface area contributed by atoms with Crippen LogP contribution in [0.3, 0.4) is 0 Å². The Hall–Kier alpha value is -1.99. The highest BCUT2D eigenvalue weighted by Crippen LogP contribution is 2.33. The topological polar surface area (TPSA) is 99.4 Å². The third-order valence-corrected chi connectivity index (χ3v) is 2.79. The van der Waals surface area contributed by atoms with Gasteiger partial charge in [-0.2, -0.15) is 5.10 Å². The van der Waals surface area contributed by atoms with Gasteiger partial charge in [0.15, 0.2) is 5.75 Å². The number of ether oxygens (including phenoxy) is 1. The van der Waals surface area contributed by atoms with E-state index in [1.165, 1.54) is 25.5 Å². The van der Waals surface area contributed by atoms with Gasteiger partial charge >= 0.3 is 11.9 Å². The molecule has 0 aliphatic heterocycles. The van der Waals surface area contributed by atoms with Gasteiger partial charge in [0.25, 0.3) is 0 Å². The van der Waals surface area contributed by atoms with Gasteiger partial charge in [-0.05, 0) is 17.7 Å². The summed E-state index contributed by atoms with van der Waals surface area (Å²) in [6.07, 6.45) is 1.27. The van der Waals surface area contributed by atoms with E-state index in [9.17, 15) is 9.59 Å². The van der Waals surface area contributed by atoms with Gasteiger partial charge in [0.1, 0.15) is 13.1 Å². The lowest BCUT2D eigenvalue weighted by Gasteiger charge is -2.13. The van der Waals surface area contributed by atoms with Crippen molar-refractivity contribution in [3.05, 3.63) is 27.7 Å². The minimum atomic E-state index is -1.20. The first-order chi connectivity index (χ1) is 9.83. The molecule has 1 rings (SSSR count). The van der Waals surface area contributed by atoms with Crippen LogP contribution in [0.2, 0.25) is 10.0 Å². The van der Waals surface area contributed by atoms with Crippen molar-refractivity contribution in [2.24, 2.45) is 5.10 Å². The molecule has 0 spiro atoms. The Morgan fingerprint density at radius 2 is 1.71 bits per heavy atom. The van der Waals surface area contributed by atoms with Crippen molar-refractivity contribution in [3.63, 3.8) is 0 Å². The Morgan fingerprint density at radius 1 is 1.24 bits per heavy atom. The number of hydrazone groups is 1. The van der Waals surface area contributed by atoms with Crippen molar-refractivity contribution in [2.75, 3.05) is 20.2 Å². The first-order valence-corrected chi connectivity index (χ1v) is 6.34. The average molecular weight is 335 g/mol. The second-order valence-corrected chi connectivity index (χ2v) is 4.69. The van der Waals surface area contributed by atoms with Crippen molar-refractivity contribution in [1.29, 1.82) is 0 Å². The zero-order chi connectivity index (χ0) is 16.0. The lowest BCUT2D eigenvalue weighted by atomic mass is 10.2. The van der Waals surface area contributed by atoms with E-state index in [-0.39, 0.29) is 10.0 Å². The third kappa shape index (κ3) is 5.49. The molecule has 1 aromatic carbocycles. The predicted molar refractivity (Wildman–Crippen MR) is 77.5 cm³/mol. The Bertz CT molecular complexity index is 538. The van der Waals surface area contributed by atoms with E-state index in [2.05, 4.69) is 5.10 Å². The molecule has 1 aromatic rings. The molecule has 9 heteroatoms. The lowest BCUT2D eigenvalue weighted by molar-refractivity contribution is -0.141. The summed E-state index contributed by atoms with van der Waals surface area (Å²) in [7, 11) is 1.42. The van der Waals surface area contributed by atoms with E-state index in [1.54, 1.807) is 0 Å². The molecule has 0 radical (unpaired) electrons. The molecule has 0 fully saturated rings. The maximum absolute atomic E-state index is 10.6. The van der Waals surface area contributed by atoms with Gasteiger partial charge in [-0.15, -0.1) is 0 Å². The molecule has 114 valence electrons. The predicted octanol–water partition coefficient (Wildman–Crippen LogP) is 1.81. The van der Waals surface area contributed by atoms with Crippen LogP contribution >= 0.6 is 23.2 Å². The van der Waals surface area contributed by atoms with Crippen molar-refractivity contribution in [3.8, 4) is 5.75 Å². The number of hydrogen-bond donors (Lipinski definition) is 2. The normalized spacial score (nSPS) is 10.6. The maximum Gasteiger partial charge on any atom is 0.324 e. The summed E-state index contributed by atoms with van der Waals surface area (Å²) in [6, 6.07) is 3.02. The second-order valence-electron chi connectivity index (χ2n) is 3.87. The minimum Gasteiger partial charge on any atom is -0.494 e. The summed E-state index contributed by atoms with van der Waals surface area (Å²) >= 11 is 11.9. The standard InChI is InChI=1S/C12H12Cl2N2O5/c1-21-12-8(13)2-7(3-9(12)14)4-15-16(5-10(17)18)6-11(19)20/h2-4H,5-6H2,1H3,(H,17,18)(H,19,20)/b15-4-. The van der Waals surface area contributed by atoms with Crippen LogP contribution in [-0.4, -0.2) is 53.6 Å². The maximum atomic E-state index is 10.6. The highest BCUT2D eigenvalue weighted by atomic mass is 35.5. The Morgan fingerprint density at radius 3 is 2.10 bits per heavy atom. The van der Waals surface area contributed by atoms with Gasteiger partial charge < -0.3 is 14.9 Å². The fourth-order valence-corrected chi connectivity index (χ4v) is 2.11. The molecule has 2 N–H and O–H groups in total. The van der Waals surface area contributed by atoms with E-state index in [0.717, 1.165) is 5.01 Å². The van der Waals surface area contributed by atoms with Crippen LogP contribution in [0.25, 0.3) is 0 Å². The molecule has 0 aliphatic rings. The van der Waals surface area contributed by atoms with Gasteiger partial charge in [-0.25, -0.2) is 0 Å². The van der Waals surface area contributed by atoms with Crippen LogP contribution < -0.4 is 4.74 Å². The van der Waals surface area contributed by atoms with Gasteiger partial charge in [0, 0.05) is 0 Å². The molecule has 7 nitrogen and oxygen atoms in total. The number of benzene rings is 1. The monoisotopic (exact) mass is 334 g/mol. The zero-order valence-corrected chi connectivity index (χ0v) is 12.4. The summed E-state index contributed by atoms with van der Waals surface area (Å²) in [6.45, 7) is -1.08. The largest absolute Gasteiger partial charge is 0.494 e. The van der Waals surface area contributed by atoms with Crippen LogP contribution in [-0.2, 0) is 9.59 Å². The highest BCUT2D eigenvalue weighted by Gasteiger charge is 2.11. The van der Waals surface area contributed by atoms with Crippen LogP contribution in [0.1, 0.15) is 5.56 Å². The Balaban J connectivity index is 2.95. The SMILES string of the molecule is COc1c(Cl)cc(/C=N\N(CC(=O)O)CC(=O)O)cc1Cl. The van der Waals surface area contributed by atoms with Crippen molar-refractivity contribution in [1.82, 2.24) is 5.01 Å². The van der Waals surface area contributed by atoms with Gasteiger partial charge in [0.05, 0.1) is 23.4 Å². The number of carbonyl (C=O) groups is 2. The molecule has 0 aliphatic carbocycles. The molecule has 0 saturated carbocycles. The minimum absolute atomic E-state index is 0.259. The molecule has 0 aromatic heterocycles. The van der Waals surface area contributed by atoms with Gasteiger partial charge in [0.2, 0.25) is 0 Å². The highest BCUT2D eigenvalue weighted by molar-refractivity contribution is 6.37. The lowest BCUT2D eigenvalue weighted by Crippen LogP contribution is -2.30. The smallest absolute Gasteiger partial charge is 0.324 e. The fourth-order valence-electron chi connectivity index (χ4n) is 1.45. The molecule has 0 amide bonds. The summed E-state index contributed by atoms with van der Waals surface area (Å²) in [5.41, 5.74) is 0.478. The van der Waals surface area contributed by atoms with Crippen molar-refractivity contribution in [2.45, 2.75) is 0 Å². The number of aliphatic carboxylic acids is 2. The van der Waals surface area contributed by atoms with Gasteiger partial charge in [-0.1, -0.05) is 23.2 Å². The van der Waals surface area contributed by atoms with Crippen LogP contribution in [0.5, 0.6) is 5.75 Å². The third-order valence-electron chi connectivity index (χ3n) is 2.23. The van der Waals surface area contributed by atoms with Crippen LogP contribution in [0.4, 0.5) is 0 Å². The summed E-state index contributed by atoms with van der Waals surface area (Å²) in [4.78, 5) is 21.3. The van der Waals surface area contributed by atoms with Crippen molar-refractivity contribution < 1.29 is 24.5 Å². The first kappa shape index (κ1) is 17.1. The number of rotatable bonds is 7. The van der Waals surface area contributed by atoms with Gasteiger partial charge in [-0.3, -0.25) is 14.6 Å². The van der Waals surface area contributed by atoms with Crippen LogP contribution in [0, 0.1) is 0 Å². The van der Waals surface area contributed by atoms with E-state index in [4.69, 9.17) is 38.2 Å². The van der Waals surface area contributed by atoms with E-state index < -0.39 is 25.0 Å². The Labute approximate surface area is 130 Å². The number of hydrogen-bond acceptors (Lipinski definition) is 5. The molecule has 0 unspecified atom stereocenters. The quantitative estimate of drug-likeness (QED) is 0.582. The molecule has 0 bridgehead atoms. The Kier molecular flexibility index (Phi) is 6.26. The molecule has 0 heterocycles. The summed E-state index contributed by atoms with van der Waals surface area (Å²) in [5.74, 6) is -2.08. The average Bonchev–Trinajstić information content (AvgIpc) is 2.34. The fraction of sp³-hybridized carbons (Fsp3) is 0.250. The molecule has 0 saturated heterocycles. The number of methoxy groups -OCH3 is 1. The molecular weight excluding hydrogens is 323 g/mol. The number of halogens is 2. The molecular formula is C12H12Cl2N2O5.